The predicted molar refractivity (Wildman–Crippen MR) is 178 cm³/mol. The van der Waals surface area contributed by atoms with E-state index in [1.54, 1.807) is 45.0 Å². The Morgan fingerprint density at radius 1 is 0.932 bits per heavy atom. The number of nitrogens with zero attached hydrogens (tertiary/aromatic N) is 1. The highest BCUT2D eigenvalue weighted by Gasteiger charge is 2.43. The third-order valence-corrected chi connectivity index (χ3v) is 13.8. The number of methoxy groups -OCH3 is 1. The maximum atomic E-state index is 14.1. The lowest BCUT2D eigenvalue weighted by molar-refractivity contribution is 0.0182. The van der Waals surface area contributed by atoms with E-state index in [0.717, 1.165) is 5.56 Å². The van der Waals surface area contributed by atoms with Crippen LogP contribution in [0.4, 0.5) is 4.79 Å². The van der Waals surface area contributed by atoms with E-state index in [1.807, 2.05) is 44.2 Å². The highest BCUT2D eigenvalue weighted by atomic mass is 32.2. The summed E-state index contributed by atoms with van der Waals surface area (Å²) in [6.07, 6.45) is -1.35. The lowest BCUT2D eigenvalue weighted by Crippen LogP contribution is -2.58. The van der Waals surface area contributed by atoms with Gasteiger partial charge >= 0.3 is 6.09 Å². The van der Waals surface area contributed by atoms with Gasteiger partial charge < -0.3 is 24.0 Å². The molecule has 0 aliphatic carbocycles. The van der Waals surface area contributed by atoms with Crippen LogP contribution in [0.15, 0.2) is 59.5 Å². The highest BCUT2D eigenvalue weighted by molar-refractivity contribution is 7.89. The highest BCUT2D eigenvalue weighted by Crippen LogP contribution is 2.38. The van der Waals surface area contributed by atoms with E-state index in [-0.39, 0.29) is 35.5 Å². The molecule has 2 aromatic rings. The Labute approximate surface area is 266 Å². The van der Waals surface area contributed by atoms with Gasteiger partial charge in [0.05, 0.1) is 37.4 Å². The van der Waals surface area contributed by atoms with Gasteiger partial charge in [0, 0.05) is 13.1 Å². The molecule has 0 saturated carbocycles. The van der Waals surface area contributed by atoms with Crippen LogP contribution in [0, 0.1) is 5.92 Å². The molecule has 2 aromatic carbocycles. The number of amides is 1. The number of sulfonamides is 1. The molecule has 9 nitrogen and oxygen atoms in total. The van der Waals surface area contributed by atoms with Crippen LogP contribution in [-0.2, 0) is 30.5 Å². The molecule has 1 N–H and O–H groups in total. The first-order valence-electron chi connectivity index (χ1n) is 15.2. The van der Waals surface area contributed by atoms with Gasteiger partial charge in [0.2, 0.25) is 10.0 Å². The van der Waals surface area contributed by atoms with Crippen molar-refractivity contribution in [3.63, 3.8) is 0 Å². The number of ether oxygens (including phenoxy) is 3. The van der Waals surface area contributed by atoms with E-state index in [9.17, 15) is 13.2 Å². The van der Waals surface area contributed by atoms with Crippen LogP contribution in [0.2, 0.25) is 18.1 Å². The molecular weight excluding hydrogens is 597 g/mol. The van der Waals surface area contributed by atoms with Gasteiger partial charge in [-0.2, -0.15) is 4.31 Å². The van der Waals surface area contributed by atoms with E-state index in [4.69, 9.17) is 18.6 Å². The number of benzene rings is 2. The van der Waals surface area contributed by atoms with Crippen LogP contribution >= 0.6 is 0 Å². The topological polar surface area (TPSA) is 103 Å². The summed E-state index contributed by atoms with van der Waals surface area (Å²) in [5.74, 6) is 0.596. The number of carbonyl (C=O) groups excluding carboxylic acids is 1. The van der Waals surface area contributed by atoms with Crippen LogP contribution in [0.25, 0.3) is 0 Å². The zero-order valence-electron chi connectivity index (χ0n) is 28.5. The summed E-state index contributed by atoms with van der Waals surface area (Å²) in [4.78, 5) is 13.3. The molecule has 0 unspecified atom stereocenters. The molecule has 2 atom stereocenters. The van der Waals surface area contributed by atoms with Crippen molar-refractivity contribution >= 4 is 24.4 Å². The first kappa shape index (κ1) is 37.7. The van der Waals surface area contributed by atoms with Crippen LogP contribution in [0.5, 0.6) is 5.75 Å². The Morgan fingerprint density at radius 2 is 1.52 bits per heavy atom. The van der Waals surface area contributed by atoms with Crippen molar-refractivity contribution in [2.75, 3.05) is 26.8 Å². The van der Waals surface area contributed by atoms with Crippen molar-refractivity contribution in [3.8, 4) is 5.75 Å². The van der Waals surface area contributed by atoms with Gasteiger partial charge in [-0.1, -0.05) is 65.0 Å². The normalized spacial score (nSPS) is 14.4. The number of hydrogen-bond donors (Lipinski definition) is 1. The summed E-state index contributed by atoms with van der Waals surface area (Å²) in [5.41, 5.74) is 0.255. The minimum atomic E-state index is -3.93. The number of rotatable bonds is 15. The monoisotopic (exact) mass is 650 g/mol. The molecule has 0 fully saturated rings. The van der Waals surface area contributed by atoms with Crippen LogP contribution in [0.3, 0.4) is 0 Å². The Balaban J connectivity index is 2.55. The van der Waals surface area contributed by atoms with E-state index in [2.05, 4.69) is 39.2 Å². The maximum Gasteiger partial charge on any atom is 0.408 e. The Morgan fingerprint density at radius 3 is 2.02 bits per heavy atom. The van der Waals surface area contributed by atoms with Gasteiger partial charge in [-0.3, -0.25) is 0 Å². The lowest BCUT2D eigenvalue weighted by atomic mass is 10.1. The standard InChI is InChI=1S/C33H54N2O7SSi/c1-25(2)21-35(43(37,38)28-19-17-27(39-9)18-20-28)22-30(42-44(10,11)33(6,7)8)29(34-31(36)41-32(3,4)5)24-40-23-26-15-13-12-14-16-26/h12-20,25,29-30H,21-24H2,1-11H3,(H,34,36)/t29-,30-/m0/s1. The summed E-state index contributed by atoms with van der Waals surface area (Å²) in [6, 6.07) is 15.4. The fourth-order valence-electron chi connectivity index (χ4n) is 4.16. The number of nitrogens with one attached hydrogen (secondary N) is 1. The molecule has 44 heavy (non-hydrogen) atoms. The first-order chi connectivity index (χ1) is 20.2. The second-order valence-electron chi connectivity index (χ2n) is 14.1. The van der Waals surface area contributed by atoms with Crippen LogP contribution < -0.4 is 10.1 Å². The van der Waals surface area contributed by atoms with Crippen molar-refractivity contribution in [2.24, 2.45) is 5.92 Å². The van der Waals surface area contributed by atoms with Crippen LogP contribution in [-0.4, -0.2) is 71.7 Å². The molecule has 1 amide bonds. The fourth-order valence-corrected chi connectivity index (χ4v) is 7.12. The van der Waals surface area contributed by atoms with Gasteiger partial charge in [0.25, 0.3) is 0 Å². The summed E-state index contributed by atoms with van der Waals surface area (Å²) >= 11 is 0. The average Bonchev–Trinajstić information content (AvgIpc) is 2.90. The molecule has 0 saturated heterocycles. The van der Waals surface area contributed by atoms with Crippen molar-refractivity contribution in [3.05, 3.63) is 60.2 Å². The summed E-state index contributed by atoms with van der Waals surface area (Å²) in [5, 5.41) is 2.80. The molecule has 0 aliphatic rings. The summed E-state index contributed by atoms with van der Waals surface area (Å²) in [6.45, 7) is 20.6. The molecule has 0 bridgehead atoms. The number of carbonyl (C=O) groups is 1. The molecule has 2 rings (SSSR count). The average molecular weight is 651 g/mol. The van der Waals surface area contributed by atoms with Gasteiger partial charge in [-0.15, -0.1) is 0 Å². The van der Waals surface area contributed by atoms with E-state index in [0.29, 0.717) is 12.4 Å². The van der Waals surface area contributed by atoms with Gasteiger partial charge in [-0.25, -0.2) is 13.2 Å². The van der Waals surface area contributed by atoms with Gasteiger partial charge in [0.1, 0.15) is 11.4 Å². The SMILES string of the molecule is COc1ccc(S(=O)(=O)N(CC(C)C)C[C@H](O[Si](C)(C)C(C)(C)C)[C@H](COCc2ccccc2)NC(=O)OC(C)(C)C)cc1. The molecule has 11 heteroatoms. The second-order valence-corrected chi connectivity index (χ2v) is 20.8. The number of alkyl carbamates (subject to hydrolysis) is 1. The third kappa shape index (κ3) is 11.8. The lowest BCUT2D eigenvalue weighted by Gasteiger charge is -2.43. The molecule has 0 radical (unpaired) electrons. The zero-order chi connectivity index (χ0) is 33.3. The molecule has 0 spiro atoms. The van der Waals surface area contributed by atoms with Gasteiger partial charge in [-0.05, 0) is 74.7 Å². The smallest absolute Gasteiger partial charge is 0.408 e. The molecule has 0 heterocycles. The molecule has 0 aliphatic heterocycles. The Hall–Kier alpha value is -2.44. The van der Waals surface area contributed by atoms with E-state index < -0.39 is 42.2 Å². The first-order valence-corrected chi connectivity index (χ1v) is 19.5. The predicted octanol–water partition coefficient (Wildman–Crippen LogP) is 6.84. The minimum Gasteiger partial charge on any atom is -0.497 e. The minimum absolute atomic E-state index is 0.00815. The van der Waals surface area contributed by atoms with Crippen molar-refractivity contribution in [1.29, 1.82) is 0 Å². The van der Waals surface area contributed by atoms with E-state index >= 15 is 0 Å². The molecule has 248 valence electrons. The second kappa shape index (κ2) is 15.7. The quantitative estimate of drug-likeness (QED) is 0.211. The van der Waals surface area contributed by atoms with Crippen molar-refractivity contribution in [1.82, 2.24) is 9.62 Å². The van der Waals surface area contributed by atoms with Crippen molar-refractivity contribution in [2.45, 2.75) is 103 Å². The zero-order valence-corrected chi connectivity index (χ0v) is 30.3. The summed E-state index contributed by atoms with van der Waals surface area (Å²) < 4.78 is 53.6. The van der Waals surface area contributed by atoms with Gasteiger partial charge in [0.15, 0.2) is 8.32 Å². The largest absolute Gasteiger partial charge is 0.497 e. The molecular formula is C33H54N2O7SSi. The molecule has 0 aromatic heterocycles. The number of hydrogen-bond acceptors (Lipinski definition) is 7. The van der Waals surface area contributed by atoms with E-state index in [1.165, 1.54) is 11.4 Å². The Kier molecular flexibility index (Phi) is 13.5. The van der Waals surface area contributed by atoms with Crippen molar-refractivity contribution < 1.29 is 31.8 Å². The van der Waals surface area contributed by atoms with Crippen LogP contribution in [0.1, 0.15) is 61.0 Å². The summed E-state index contributed by atoms with van der Waals surface area (Å²) in [7, 11) is -4.87. The Bertz CT molecular complexity index is 1270. The third-order valence-electron chi connectivity index (χ3n) is 7.46. The maximum absolute atomic E-state index is 14.1. The fraction of sp³-hybridized carbons (Fsp3) is 0.606.